The van der Waals surface area contributed by atoms with Crippen LogP contribution in [0.2, 0.25) is 0 Å². The zero-order valence-electron chi connectivity index (χ0n) is 10.7. The van der Waals surface area contributed by atoms with Gasteiger partial charge >= 0.3 is 6.03 Å². The van der Waals surface area contributed by atoms with Crippen molar-refractivity contribution in [3.05, 3.63) is 29.3 Å². The standard InChI is InChI=1S/C13H20N2OS/c1-10-5-6-12(11(2)9-10)15-13(16)14-7-4-8-17-3/h5-6,9H,4,7-8H2,1-3H3,(H2,14,15,16). The minimum atomic E-state index is -0.127. The molecule has 0 aliphatic rings. The highest BCUT2D eigenvalue weighted by Crippen LogP contribution is 2.15. The fourth-order valence-corrected chi connectivity index (χ4v) is 1.97. The molecule has 0 spiro atoms. The highest BCUT2D eigenvalue weighted by molar-refractivity contribution is 7.98. The Morgan fingerprint density at radius 2 is 2.12 bits per heavy atom. The second kappa shape index (κ2) is 7.22. The Labute approximate surface area is 107 Å². The summed E-state index contributed by atoms with van der Waals surface area (Å²) in [6.07, 6.45) is 3.07. The average molecular weight is 252 g/mol. The molecule has 0 heterocycles. The number of amides is 2. The average Bonchev–Trinajstić information content (AvgIpc) is 2.28. The third kappa shape index (κ3) is 5.13. The Kier molecular flexibility index (Phi) is 5.91. The van der Waals surface area contributed by atoms with Gasteiger partial charge in [-0.05, 0) is 43.9 Å². The predicted molar refractivity (Wildman–Crippen MR) is 75.9 cm³/mol. The quantitative estimate of drug-likeness (QED) is 0.790. The molecule has 0 unspecified atom stereocenters. The van der Waals surface area contributed by atoms with E-state index in [-0.39, 0.29) is 6.03 Å². The van der Waals surface area contributed by atoms with E-state index in [2.05, 4.69) is 23.0 Å². The maximum Gasteiger partial charge on any atom is 0.319 e. The van der Waals surface area contributed by atoms with Crippen molar-refractivity contribution in [3.8, 4) is 0 Å². The molecule has 2 N–H and O–H groups in total. The Morgan fingerprint density at radius 1 is 1.35 bits per heavy atom. The molecule has 0 saturated carbocycles. The summed E-state index contributed by atoms with van der Waals surface area (Å²) in [7, 11) is 0. The number of anilines is 1. The molecule has 0 fully saturated rings. The molecule has 1 aromatic carbocycles. The first-order chi connectivity index (χ1) is 8.13. The lowest BCUT2D eigenvalue weighted by molar-refractivity contribution is 0.252. The van der Waals surface area contributed by atoms with E-state index in [9.17, 15) is 4.79 Å². The number of rotatable bonds is 5. The van der Waals surface area contributed by atoms with E-state index in [1.165, 1.54) is 5.56 Å². The summed E-state index contributed by atoms with van der Waals surface area (Å²) in [5.41, 5.74) is 3.16. The van der Waals surface area contributed by atoms with Gasteiger partial charge in [0.25, 0.3) is 0 Å². The summed E-state index contributed by atoms with van der Waals surface area (Å²) in [6, 6.07) is 5.87. The van der Waals surface area contributed by atoms with Crippen molar-refractivity contribution < 1.29 is 4.79 Å². The molecule has 0 aromatic heterocycles. The van der Waals surface area contributed by atoms with Gasteiger partial charge < -0.3 is 10.6 Å². The van der Waals surface area contributed by atoms with E-state index < -0.39 is 0 Å². The molecule has 2 amide bonds. The van der Waals surface area contributed by atoms with Gasteiger partial charge in [0.1, 0.15) is 0 Å². The van der Waals surface area contributed by atoms with Crippen molar-refractivity contribution in [2.45, 2.75) is 20.3 Å². The number of nitrogens with one attached hydrogen (secondary N) is 2. The van der Waals surface area contributed by atoms with Gasteiger partial charge in [-0.1, -0.05) is 17.7 Å². The number of carbonyl (C=O) groups is 1. The van der Waals surface area contributed by atoms with E-state index in [1.54, 1.807) is 11.8 Å². The predicted octanol–water partition coefficient (Wildman–Crippen LogP) is 3.18. The Bertz CT molecular complexity index is 380. The number of thioether (sulfide) groups is 1. The first kappa shape index (κ1) is 13.9. The van der Waals surface area contributed by atoms with Crippen LogP contribution in [-0.4, -0.2) is 24.6 Å². The van der Waals surface area contributed by atoms with Crippen molar-refractivity contribution in [3.63, 3.8) is 0 Å². The molecule has 1 aromatic rings. The summed E-state index contributed by atoms with van der Waals surface area (Å²) in [5, 5.41) is 5.70. The van der Waals surface area contributed by atoms with Gasteiger partial charge in [0.2, 0.25) is 0 Å². The number of carbonyl (C=O) groups excluding carboxylic acids is 1. The topological polar surface area (TPSA) is 41.1 Å². The monoisotopic (exact) mass is 252 g/mol. The second-order valence-electron chi connectivity index (χ2n) is 4.05. The van der Waals surface area contributed by atoms with E-state index >= 15 is 0 Å². The van der Waals surface area contributed by atoms with Crippen LogP contribution >= 0.6 is 11.8 Å². The van der Waals surface area contributed by atoms with Crippen LogP contribution in [0.5, 0.6) is 0 Å². The zero-order valence-corrected chi connectivity index (χ0v) is 11.5. The summed E-state index contributed by atoms with van der Waals surface area (Å²) in [5.74, 6) is 1.07. The molecule has 0 atom stereocenters. The van der Waals surface area contributed by atoms with Crippen LogP contribution in [0.3, 0.4) is 0 Å². The second-order valence-corrected chi connectivity index (χ2v) is 5.03. The van der Waals surface area contributed by atoms with Crippen LogP contribution in [0.25, 0.3) is 0 Å². The third-order valence-electron chi connectivity index (χ3n) is 2.44. The lowest BCUT2D eigenvalue weighted by atomic mass is 10.1. The minimum absolute atomic E-state index is 0.127. The van der Waals surface area contributed by atoms with Gasteiger partial charge in [0.15, 0.2) is 0 Å². The number of urea groups is 1. The van der Waals surface area contributed by atoms with E-state index in [0.717, 1.165) is 30.0 Å². The number of aryl methyl sites for hydroxylation is 2. The molecule has 1 rings (SSSR count). The Balaban J connectivity index is 2.40. The van der Waals surface area contributed by atoms with Gasteiger partial charge in [0.05, 0.1) is 0 Å². The van der Waals surface area contributed by atoms with Gasteiger partial charge in [-0.25, -0.2) is 4.79 Å². The van der Waals surface area contributed by atoms with Gasteiger partial charge in [-0.3, -0.25) is 0 Å². The lowest BCUT2D eigenvalue weighted by Crippen LogP contribution is -2.30. The zero-order chi connectivity index (χ0) is 12.7. The van der Waals surface area contributed by atoms with Crippen molar-refractivity contribution in [2.24, 2.45) is 0 Å². The van der Waals surface area contributed by atoms with Crippen LogP contribution in [0.1, 0.15) is 17.5 Å². The molecule has 0 bridgehead atoms. The molecule has 3 nitrogen and oxygen atoms in total. The number of hydrogen-bond acceptors (Lipinski definition) is 2. The largest absolute Gasteiger partial charge is 0.338 e. The van der Waals surface area contributed by atoms with Crippen molar-refractivity contribution >= 4 is 23.5 Å². The minimum Gasteiger partial charge on any atom is -0.338 e. The van der Waals surface area contributed by atoms with Crippen molar-refractivity contribution in [1.29, 1.82) is 0 Å². The first-order valence-corrected chi connectivity index (χ1v) is 7.14. The summed E-state index contributed by atoms with van der Waals surface area (Å²) < 4.78 is 0. The van der Waals surface area contributed by atoms with Gasteiger partial charge in [0, 0.05) is 12.2 Å². The van der Waals surface area contributed by atoms with Gasteiger partial charge in [-0.2, -0.15) is 11.8 Å². The van der Waals surface area contributed by atoms with Crippen LogP contribution < -0.4 is 10.6 Å². The maximum atomic E-state index is 11.6. The fourth-order valence-electron chi connectivity index (χ4n) is 1.54. The van der Waals surface area contributed by atoms with E-state index in [1.807, 2.05) is 26.0 Å². The fraction of sp³-hybridized carbons (Fsp3) is 0.462. The highest BCUT2D eigenvalue weighted by Gasteiger charge is 2.03. The first-order valence-electron chi connectivity index (χ1n) is 5.74. The number of hydrogen-bond donors (Lipinski definition) is 2. The Hall–Kier alpha value is -1.16. The molecule has 0 radical (unpaired) electrons. The summed E-state index contributed by atoms with van der Waals surface area (Å²) in [4.78, 5) is 11.6. The van der Waals surface area contributed by atoms with E-state index in [4.69, 9.17) is 0 Å². The molecule has 17 heavy (non-hydrogen) atoms. The molecular weight excluding hydrogens is 232 g/mol. The SMILES string of the molecule is CSCCCNC(=O)Nc1ccc(C)cc1C. The normalized spacial score (nSPS) is 10.1. The molecular formula is C13H20N2OS. The van der Waals surface area contributed by atoms with Gasteiger partial charge in [-0.15, -0.1) is 0 Å². The van der Waals surface area contributed by atoms with Crippen molar-refractivity contribution in [1.82, 2.24) is 5.32 Å². The summed E-state index contributed by atoms with van der Waals surface area (Å²) >= 11 is 1.79. The Morgan fingerprint density at radius 3 is 2.76 bits per heavy atom. The molecule has 0 aliphatic carbocycles. The van der Waals surface area contributed by atoms with Crippen LogP contribution in [0.15, 0.2) is 18.2 Å². The third-order valence-corrected chi connectivity index (χ3v) is 3.14. The molecule has 0 aliphatic heterocycles. The smallest absolute Gasteiger partial charge is 0.319 e. The highest BCUT2D eigenvalue weighted by atomic mass is 32.2. The van der Waals surface area contributed by atoms with Crippen LogP contribution in [-0.2, 0) is 0 Å². The molecule has 94 valence electrons. The van der Waals surface area contributed by atoms with E-state index in [0.29, 0.717) is 0 Å². The number of benzene rings is 1. The molecule has 0 saturated heterocycles. The van der Waals surface area contributed by atoms with Crippen LogP contribution in [0, 0.1) is 13.8 Å². The van der Waals surface area contributed by atoms with Crippen LogP contribution in [0.4, 0.5) is 10.5 Å². The van der Waals surface area contributed by atoms with Crippen molar-refractivity contribution in [2.75, 3.05) is 23.9 Å². The summed E-state index contributed by atoms with van der Waals surface area (Å²) in [6.45, 7) is 4.76. The lowest BCUT2D eigenvalue weighted by Gasteiger charge is -2.10. The molecule has 4 heteroatoms. The maximum absolute atomic E-state index is 11.6.